The first kappa shape index (κ1) is 14.2. The summed E-state index contributed by atoms with van der Waals surface area (Å²) in [6, 6.07) is 0.727. The van der Waals surface area contributed by atoms with Gasteiger partial charge < -0.3 is 10.2 Å². The molecule has 114 valence electrons. The number of piperidine rings is 1. The Morgan fingerprint density at radius 3 is 3.00 bits per heavy atom. The van der Waals surface area contributed by atoms with Gasteiger partial charge in [-0.1, -0.05) is 6.08 Å². The normalized spacial score (nSPS) is 34.4. The minimum atomic E-state index is 0. The molecule has 3 aliphatic heterocycles. The van der Waals surface area contributed by atoms with E-state index in [0.717, 1.165) is 31.0 Å². The standard InChI is InChI=1S/C17H22N2S.ClH/c1-3-12-14-10-18-9-13(11-5-6-11)16(14)19-7-2-8-20-15(4-1)17(12)19;/h2,8,11,13,16,18H,1,3-7,9-10H2;1H. The number of rotatable bonds is 1. The smallest absolute Gasteiger partial charge is 0.0568 e. The molecule has 1 N–H and O–H groups in total. The van der Waals surface area contributed by atoms with Crippen molar-refractivity contribution in [3.8, 4) is 0 Å². The van der Waals surface area contributed by atoms with Gasteiger partial charge in [-0.3, -0.25) is 0 Å². The molecule has 4 heteroatoms. The summed E-state index contributed by atoms with van der Waals surface area (Å²) in [6.45, 7) is 3.51. The van der Waals surface area contributed by atoms with Gasteiger partial charge in [-0.15, -0.1) is 24.2 Å². The first-order chi connectivity index (χ1) is 9.93. The number of fused-ring (bicyclic) bond motifs is 2. The van der Waals surface area contributed by atoms with Crippen molar-refractivity contribution in [2.24, 2.45) is 11.8 Å². The number of allylic oxidation sites excluding steroid dienone is 2. The summed E-state index contributed by atoms with van der Waals surface area (Å²) in [7, 11) is 0. The molecule has 2 fully saturated rings. The van der Waals surface area contributed by atoms with Crippen LogP contribution in [0, 0.1) is 11.8 Å². The largest absolute Gasteiger partial charge is 0.360 e. The van der Waals surface area contributed by atoms with Gasteiger partial charge in [0.25, 0.3) is 0 Å². The molecule has 0 amide bonds. The highest BCUT2D eigenvalue weighted by Crippen LogP contribution is 2.52. The van der Waals surface area contributed by atoms with Crippen molar-refractivity contribution in [3.05, 3.63) is 33.2 Å². The van der Waals surface area contributed by atoms with Crippen LogP contribution in [0.15, 0.2) is 33.2 Å². The molecule has 0 spiro atoms. The number of nitrogens with zero attached hydrogens (tertiary/aromatic N) is 1. The van der Waals surface area contributed by atoms with Crippen LogP contribution in [0.2, 0.25) is 0 Å². The Morgan fingerprint density at radius 2 is 2.14 bits per heavy atom. The van der Waals surface area contributed by atoms with E-state index in [1.54, 1.807) is 21.7 Å². The van der Waals surface area contributed by atoms with Crippen LogP contribution in [0.4, 0.5) is 0 Å². The lowest BCUT2D eigenvalue weighted by molar-refractivity contribution is 0.205. The van der Waals surface area contributed by atoms with Gasteiger partial charge in [0.1, 0.15) is 0 Å². The Hall–Kier alpha value is -0.380. The van der Waals surface area contributed by atoms with Crippen molar-refractivity contribution in [2.75, 3.05) is 19.6 Å². The van der Waals surface area contributed by atoms with Crippen LogP contribution in [0.5, 0.6) is 0 Å². The molecule has 1 saturated heterocycles. The zero-order chi connectivity index (χ0) is 13.1. The van der Waals surface area contributed by atoms with E-state index in [4.69, 9.17) is 0 Å². The molecule has 2 atom stereocenters. The van der Waals surface area contributed by atoms with Gasteiger partial charge in [-0.05, 0) is 60.5 Å². The Labute approximate surface area is 137 Å². The summed E-state index contributed by atoms with van der Waals surface area (Å²) >= 11 is 1.99. The first-order valence-corrected chi connectivity index (χ1v) is 9.06. The van der Waals surface area contributed by atoms with Crippen LogP contribution in [-0.4, -0.2) is 30.6 Å². The van der Waals surface area contributed by atoms with Crippen LogP contribution in [-0.2, 0) is 0 Å². The third-order valence-electron chi connectivity index (χ3n) is 5.69. The molecular formula is C17H23ClN2S. The van der Waals surface area contributed by atoms with Gasteiger partial charge in [0, 0.05) is 24.5 Å². The summed E-state index contributed by atoms with van der Waals surface area (Å²) < 4.78 is 0. The molecule has 5 rings (SSSR count). The molecule has 0 radical (unpaired) electrons. The van der Waals surface area contributed by atoms with E-state index in [0.29, 0.717) is 0 Å². The third kappa shape index (κ3) is 2.12. The second kappa shape index (κ2) is 5.36. The number of hydrogen-bond acceptors (Lipinski definition) is 3. The van der Waals surface area contributed by atoms with E-state index in [2.05, 4.69) is 21.7 Å². The van der Waals surface area contributed by atoms with Crippen LogP contribution >= 0.6 is 24.2 Å². The van der Waals surface area contributed by atoms with Gasteiger partial charge in [-0.25, -0.2) is 0 Å². The van der Waals surface area contributed by atoms with E-state index < -0.39 is 0 Å². The van der Waals surface area contributed by atoms with Gasteiger partial charge in [0.15, 0.2) is 0 Å². The number of nitrogens with one attached hydrogen (secondary N) is 1. The number of halogens is 1. The highest BCUT2D eigenvalue weighted by Gasteiger charge is 2.48. The summed E-state index contributed by atoms with van der Waals surface area (Å²) in [5.41, 5.74) is 5.14. The lowest BCUT2D eigenvalue weighted by atomic mass is 9.84. The summed E-state index contributed by atoms with van der Waals surface area (Å²) in [5, 5.41) is 6.05. The molecule has 3 heterocycles. The summed E-state index contributed by atoms with van der Waals surface area (Å²) in [5.74, 6) is 1.86. The zero-order valence-electron chi connectivity index (χ0n) is 12.3. The summed E-state index contributed by atoms with van der Waals surface area (Å²) in [6.07, 6.45) is 9.29. The monoisotopic (exact) mass is 322 g/mol. The molecule has 0 bridgehead atoms. The minimum absolute atomic E-state index is 0. The molecule has 2 aliphatic carbocycles. The highest BCUT2D eigenvalue weighted by atomic mass is 35.5. The number of thioether (sulfide) groups is 1. The Bertz CT molecular complexity index is 547. The van der Waals surface area contributed by atoms with Crippen LogP contribution in [0.1, 0.15) is 32.1 Å². The predicted octanol–water partition coefficient (Wildman–Crippen LogP) is 3.67. The van der Waals surface area contributed by atoms with E-state index >= 15 is 0 Å². The maximum absolute atomic E-state index is 3.72. The first-order valence-electron chi connectivity index (χ1n) is 8.18. The van der Waals surface area contributed by atoms with Crippen molar-refractivity contribution in [3.63, 3.8) is 0 Å². The van der Waals surface area contributed by atoms with Crippen molar-refractivity contribution in [1.29, 1.82) is 0 Å². The van der Waals surface area contributed by atoms with Gasteiger partial charge in [0.2, 0.25) is 0 Å². The SMILES string of the molecule is C1=CSC2=C3C(=C4CNCC(C5CC5)C4N3C1)CCC2.Cl. The van der Waals surface area contributed by atoms with E-state index in [1.165, 1.54) is 38.6 Å². The zero-order valence-corrected chi connectivity index (χ0v) is 13.9. The second-order valence-electron chi connectivity index (χ2n) is 6.85. The fraction of sp³-hybridized carbons (Fsp3) is 0.647. The third-order valence-corrected chi connectivity index (χ3v) is 6.70. The average molecular weight is 323 g/mol. The molecule has 2 unspecified atom stereocenters. The molecule has 21 heavy (non-hydrogen) atoms. The Balaban J connectivity index is 0.00000115. The van der Waals surface area contributed by atoms with E-state index in [1.807, 2.05) is 11.8 Å². The van der Waals surface area contributed by atoms with Gasteiger partial charge in [0.05, 0.1) is 11.7 Å². The minimum Gasteiger partial charge on any atom is -0.360 e. The van der Waals surface area contributed by atoms with Crippen LogP contribution < -0.4 is 5.32 Å². The molecular weight excluding hydrogens is 300 g/mol. The van der Waals surface area contributed by atoms with Crippen molar-refractivity contribution < 1.29 is 0 Å². The van der Waals surface area contributed by atoms with Gasteiger partial charge >= 0.3 is 0 Å². The quantitative estimate of drug-likeness (QED) is 0.793. The Kier molecular flexibility index (Phi) is 3.63. The molecule has 0 aromatic carbocycles. The highest BCUT2D eigenvalue weighted by molar-refractivity contribution is 8.05. The van der Waals surface area contributed by atoms with Crippen molar-refractivity contribution in [2.45, 2.75) is 38.1 Å². The van der Waals surface area contributed by atoms with E-state index in [9.17, 15) is 0 Å². The lowest BCUT2D eigenvalue weighted by Gasteiger charge is -2.39. The number of hydrogen-bond donors (Lipinski definition) is 1. The maximum Gasteiger partial charge on any atom is 0.0568 e. The lowest BCUT2D eigenvalue weighted by Crippen LogP contribution is -2.48. The fourth-order valence-electron chi connectivity index (χ4n) is 4.72. The van der Waals surface area contributed by atoms with Crippen molar-refractivity contribution >= 4 is 24.2 Å². The predicted molar refractivity (Wildman–Crippen MR) is 91.5 cm³/mol. The topological polar surface area (TPSA) is 15.3 Å². The molecule has 2 nitrogen and oxygen atoms in total. The van der Waals surface area contributed by atoms with E-state index in [-0.39, 0.29) is 12.4 Å². The molecule has 0 aromatic heterocycles. The summed E-state index contributed by atoms with van der Waals surface area (Å²) in [4.78, 5) is 4.43. The Morgan fingerprint density at radius 1 is 1.24 bits per heavy atom. The average Bonchev–Trinajstić information content (AvgIpc) is 3.28. The van der Waals surface area contributed by atoms with Crippen LogP contribution in [0.3, 0.4) is 0 Å². The van der Waals surface area contributed by atoms with Crippen molar-refractivity contribution in [1.82, 2.24) is 10.2 Å². The maximum atomic E-state index is 3.72. The molecule has 0 aromatic rings. The second-order valence-corrected chi connectivity index (χ2v) is 7.85. The molecule has 1 saturated carbocycles. The van der Waals surface area contributed by atoms with Crippen LogP contribution in [0.25, 0.3) is 0 Å². The fourth-order valence-corrected chi connectivity index (χ4v) is 5.68. The van der Waals surface area contributed by atoms with Gasteiger partial charge in [-0.2, -0.15) is 0 Å². The molecule has 5 aliphatic rings.